The first-order chi connectivity index (χ1) is 13.8. The van der Waals surface area contributed by atoms with Gasteiger partial charge in [-0.2, -0.15) is 0 Å². The third kappa shape index (κ3) is 9.40. The fourth-order valence-corrected chi connectivity index (χ4v) is 4.23. The summed E-state index contributed by atoms with van der Waals surface area (Å²) in [6, 6.07) is 14.0. The Balaban J connectivity index is 0.00000450. The molecular weight excluding hydrogens is 518 g/mol. The lowest BCUT2D eigenvalue weighted by Crippen LogP contribution is -2.37. The average Bonchev–Trinajstić information content (AvgIpc) is 2.65. The first-order valence-electron chi connectivity index (χ1n) is 9.55. The van der Waals surface area contributed by atoms with Crippen LogP contribution in [0.5, 0.6) is 0 Å². The maximum Gasteiger partial charge on any atom is 0.216 e. The van der Waals surface area contributed by atoms with E-state index in [-0.39, 0.29) is 41.6 Å². The summed E-state index contributed by atoms with van der Waals surface area (Å²) in [5.41, 5.74) is 2.39. The highest BCUT2D eigenvalue weighted by Gasteiger charge is 2.12. The van der Waals surface area contributed by atoms with Crippen LogP contribution in [-0.2, 0) is 28.7 Å². The highest BCUT2D eigenvalue weighted by atomic mass is 127. The topological polar surface area (TPSA) is 82.6 Å². The Morgan fingerprint density at radius 2 is 1.67 bits per heavy atom. The molecule has 0 aromatic heterocycles. The van der Waals surface area contributed by atoms with Gasteiger partial charge in [0.25, 0.3) is 0 Å². The van der Waals surface area contributed by atoms with Gasteiger partial charge in [0.1, 0.15) is 5.82 Å². The third-order valence-corrected chi connectivity index (χ3v) is 5.67. The van der Waals surface area contributed by atoms with Crippen LogP contribution in [0.2, 0.25) is 0 Å². The largest absolute Gasteiger partial charge is 0.356 e. The van der Waals surface area contributed by atoms with Gasteiger partial charge in [-0.1, -0.05) is 42.5 Å². The maximum atomic E-state index is 13.6. The Kier molecular flexibility index (Phi) is 11.3. The van der Waals surface area contributed by atoms with Crippen molar-refractivity contribution in [3.05, 3.63) is 71.0 Å². The Morgan fingerprint density at radius 3 is 2.27 bits per heavy atom. The normalized spacial score (nSPS) is 11.8. The first kappa shape index (κ1) is 26.3. The summed E-state index contributed by atoms with van der Waals surface area (Å²) in [4.78, 5) is 4.16. The SMILES string of the molecule is CN=C(NCCc1ccccc1F)NCc1ccc(CS(=O)(=O)NC(C)C)cc1.I. The van der Waals surface area contributed by atoms with Crippen molar-refractivity contribution in [2.45, 2.75) is 38.6 Å². The zero-order valence-electron chi connectivity index (χ0n) is 17.5. The van der Waals surface area contributed by atoms with Crippen LogP contribution in [0.15, 0.2) is 53.5 Å². The van der Waals surface area contributed by atoms with Crippen molar-refractivity contribution in [1.82, 2.24) is 15.4 Å². The number of nitrogens with zero attached hydrogens (tertiary/aromatic N) is 1. The molecule has 6 nitrogen and oxygen atoms in total. The van der Waals surface area contributed by atoms with Gasteiger partial charge >= 0.3 is 0 Å². The predicted octanol–water partition coefficient (Wildman–Crippen LogP) is 3.18. The average molecular weight is 548 g/mol. The van der Waals surface area contributed by atoms with Gasteiger partial charge in [0, 0.05) is 26.2 Å². The van der Waals surface area contributed by atoms with E-state index in [2.05, 4.69) is 20.3 Å². The third-order valence-electron chi connectivity index (χ3n) is 4.12. The fourth-order valence-electron chi connectivity index (χ4n) is 2.80. The van der Waals surface area contributed by atoms with Crippen molar-refractivity contribution < 1.29 is 12.8 Å². The van der Waals surface area contributed by atoms with Crippen molar-refractivity contribution in [1.29, 1.82) is 0 Å². The molecule has 0 unspecified atom stereocenters. The van der Waals surface area contributed by atoms with E-state index in [9.17, 15) is 12.8 Å². The smallest absolute Gasteiger partial charge is 0.216 e. The molecule has 0 radical (unpaired) electrons. The summed E-state index contributed by atoms with van der Waals surface area (Å²) in [5.74, 6) is 0.370. The van der Waals surface area contributed by atoms with Crippen LogP contribution in [0.4, 0.5) is 4.39 Å². The molecule has 9 heteroatoms. The zero-order chi connectivity index (χ0) is 21.3. The Labute approximate surface area is 195 Å². The van der Waals surface area contributed by atoms with Crippen molar-refractivity contribution in [3.8, 4) is 0 Å². The number of sulfonamides is 1. The number of rotatable bonds is 9. The number of aliphatic imine (C=N–C) groups is 1. The molecule has 30 heavy (non-hydrogen) atoms. The molecule has 0 fully saturated rings. The minimum Gasteiger partial charge on any atom is -0.356 e. The number of hydrogen-bond acceptors (Lipinski definition) is 3. The summed E-state index contributed by atoms with van der Waals surface area (Å²) in [5, 5.41) is 6.36. The van der Waals surface area contributed by atoms with Crippen molar-refractivity contribution in [2.75, 3.05) is 13.6 Å². The second-order valence-corrected chi connectivity index (χ2v) is 8.80. The van der Waals surface area contributed by atoms with Crippen molar-refractivity contribution in [2.24, 2.45) is 4.99 Å². The van der Waals surface area contributed by atoms with E-state index in [1.807, 2.05) is 30.3 Å². The van der Waals surface area contributed by atoms with E-state index in [1.54, 1.807) is 33.0 Å². The number of benzene rings is 2. The second kappa shape index (κ2) is 12.9. The Morgan fingerprint density at radius 1 is 1.03 bits per heavy atom. The Bertz CT molecular complexity index is 919. The maximum absolute atomic E-state index is 13.6. The van der Waals surface area contributed by atoms with Gasteiger partial charge < -0.3 is 10.6 Å². The molecule has 2 aromatic carbocycles. The van der Waals surface area contributed by atoms with Crippen LogP contribution < -0.4 is 15.4 Å². The molecule has 0 bridgehead atoms. The van der Waals surface area contributed by atoms with E-state index in [0.29, 0.717) is 31.0 Å². The zero-order valence-corrected chi connectivity index (χ0v) is 20.6. The molecule has 0 spiro atoms. The van der Waals surface area contributed by atoms with E-state index in [0.717, 1.165) is 11.1 Å². The molecule has 166 valence electrons. The van der Waals surface area contributed by atoms with Crippen LogP contribution in [0, 0.1) is 5.82 Å². The summed E-state index contributed by atoms with van der Waals surface area (Å²) in [6.07, 6.45) is 0.557. The van der Waals surface area contributed by atoms with Gasteiger partial charge in [0.15, 0.2) is 5.96 Å². The van der Waals surface area contributed by atoms with E-state index >= 15 is 0 Å². The van der Waals surface area contributed by atoms with Crippen molar-refractivity contribution >= 4 is 40.0 Å². The second-order valence-electron chi connectivity index (χ2n) is 7.04. The van der Waals surface area contributed by atoms with Gasteiger partial charge in [-0.05, 0) is 43.0 Å². The standard InChI is InChI=1S/C21H29FN4O2S.HI/c1-16(2)26-29(27,28)15-18-10-8-17(9-11-18)14-25-21(23-3)24-13-12-19-6-4-5-7-20(19)22;/h4-11,16,26H,12-15H2,1-3H3,(H2,23,24,25);1H. The van der Waals surface area contributed by atoms with Crippen molar-refractivity contribution in [3.63, 3.8) is 0 Å². The van der Waals surface area contributed by atoms with Crippen LogP contribution in [0.3, 0.4) is 0 Å². The molecule has 0 aliphatic carbocycles. The predicted molar refractivity (Wildman–Crippen MR) is 131 cm³/mol. The molecule has 2 aromatic rings. The van der Waals surface area contributed by atoms with Crippen LogP contribution in [-0.4, -0.2) is 34.0 Å². The van der Waals surface area contributed by atoms with Gasteiger partial charge in [0.05, 0.1) is 5.75 Å². The quantitative estimate of drug-likeness (QED) is 0.256. The van der Waals surface area contributed by atoms with Crippen LogP contribution >= 0.6 is 24.0 Å². The molecule has 0 aliphatic heterocycles. The van der Waals surface area contributed by atoms with Gasteiger partial charge in [-0.25, -0.2) is 17.5 Å². The number of halogens is 2. The van der Waals surface area contributed by atoms with Gasteiger partial charge in [0.2, 0.25) is 10.0 Å². The molecule has 3 N–H and O–H groups in total. The monoisotopic (exact) mass is 548 g/mol. The first-order valence-corrected chi connectivity index (χ1v) is 11.2. The van der Waals surface area contributed by atoms with E-state index < -0.39 is 10.0 Å². The van der Waals surface area contributed by atoms with E-state index in [4.69, 9.17) is 0 Å². The molecule has 0 saturated carbocycles. The summed E-state index contributed by atoms with van der Waals surface area (Å²) in [6.45, 7) is 4.68. The van der Waals surface area contributed by atoms with Gasteiger partial charge in [-0.15, -0.1) is 24.0 Å². The summed E-state index contributed by atoms with van der Waals surface area (Å²) < 4.78 is 40.2. The lowest BCUT2D eigenvalue weighted by molar-refractivity contribution is 0.569. The minimum absolute atomic E-state index is 0. The molecular formula is C21H30FIN4O2S. The van der Waals surface area contributed by atoms with E-state index in [1.165, 1.54) is 6.07 Å². The molecule has 2 rings (SSSR count). The van der Waals surface area contributed by atoms with Crippen LogP contribution in [0.1, 0.15) is 30.5 Å². The lowest BCUT2D eigenvalue weighted by atomic mass is 10.1. The minimum atomic E-state index is -3.33. The molecule has 0 heterocycles. The molecule has 0 amide bonds. The number of hydrogen-bond donors (Lipinski definition) is 3. The van der Waals surface area contributed by atoms with Crippen LogP contribution in [0.25, 0.3) is 0 Å². The Hall–Kier alpha value is -1.72. The number of nitrogens with one attached hydrogen (secondary N) is 3. The molecule has 0 atom stereocenters. The lowest BCUT2D eigenvalue weighted by Gasteiger charge is -2.13. The highest BCUT2D eigenvalue weighted by Crippen LogP contribution is 2.09. The number of guanidine groups is 1. The summed E-state index contributed by atoms with van der Waals surface area (Å²) in [7, 11) is -1.66. The van der Waals surface area contributed by atoms with Gasteiger partial charge in [-0.3, -0.25) is 4.99 Å². The fraction of sp³-hybridized carbons (Fsp3) is 0.381. The molecule has 0 saturated heterocycles. The summed E-state index contributed by atoms with van der Waals surface area (Å²) >= 11 is 0. The molecule has 0 aliphatic rings. The highest BCUT2D eigenvalue weighted by molar-refractivity contribution is 14.0.